The van der Waals surface area contributed by atoms with E-state index in [4.69, 9.17) is 9.84 Å². The predicted molar refractivity (Wildman–Crippen MR) is 131 cm³/mol. The summed E-state index contributed by atoms with van der Waals surface area (Å²) in [5.74, 6) is -1.86. The van der Waals surface area contributed by atoms with E-state index in [0.29, 0.717) is 0 Å². The molecular weight excluding hydrogens is 430 g/mol. The quantitative estimate of drug-likeness (QED) is 0.0921. The average Bonchev–Trinajstić information content (AvgIpc) is 2.66. The summed E-state index contributed by atoms with van der Waals surface area (Å²) in [6.07, 6.45) is 28.3. The van der Waals surface area contributed by atoms with E-state index in [1.165, 1.54) is 38.5 Å². The summed E-state index contributed by atoms with van der Waals surface area (Å²) in [6.45, 7) is 3.88. The Kier molecular flexibility index (Phi) is 36.0. The molecule has 162 valence electrons. The van der Waals surface area contributed by atoms with E-state index in [1.807, 2.05) is 12.2 Å². The van der Waals surface area contributed by atoms with Gasteiger partial charge in [-0.3, -0.25) is 9.59 Å². The first-order valence-electron chi connectivity index (χ1n) is 10.6. The Morgan fingerprint density at radius 1 is 0.667 bits per heavy atom. The van der Waals surface area contributed by atoms with Crippen LogP contribution in [-0.4, -0.2) is 126 Å². The van der Waals surface area contributed by atoms with Crippen molar-refractivity contribution < 1.29 is 19.4 Å². The number of ether oxygens (including phenoxy) is 1. The van der Waals surface area contributed by atoms with Crippen molar-refractivity contribution in [2.45, 2.75) is 83.5 Å². The monoisotopic (exact) mass is 470 g/mol. The summed E-state index contributed by atoms with van der Waals surface area (Å²) in [5, 5.41) is 8.42. The van der Waals surface area contributed by atoms with Gasteiger partial charge in [0.2, 0.25) is 0 Å². The molecule has 0 fully saturated rings. The fourth-order valence-corrected chi connectivity index (χ4v) is 2.57. The third kappa shape index (κ3) is 31.4. The van der Waals surface area contributed by atoms with Crippen LogP contribution in [0.25, 0.3) is 0 Å². The van der Waals surface area contributed by atoms with Gasteiger partial charge in [-0.1, -0.05) is 42.5 Å². The van der Waals surface area contributed by atoms with Crippen molar-refractivity contribution in [2.75, 3.05) is 6.61 Å². The van der Waals surface area contributed by atoms with Gasteiger partial charge in [0.1, 0.15) is 13.0 Å². The van der Waals surface area contributed by atoms with Gasteiger partial charge in [0.15, 0.2) is 0 Å². The van der Waals surface area contributed by atoms with E-state index in [0.717, 1.165) is 38.5 Å². The summed E-state index contributed by atoms with van der Waals surface area (Å²) in [5.41, 5.74) is 0. The van der Waals surface area contributed by atoms with E-state index < -0.39 is 18.4 Å². The minimum absolute atomic E-state index is 0. The number of hydrogen-bond acceptors (Lipinski definition) is 3. The van der Waals surface area contributed by atoms with Gasteiger partial charge in [-0.15, -0.1) is 6.58 Å². The SMILES string of the molecule is C=CCCCC/C=C/CCCC/C=C/CCCC/C=C/COC(=O)CC(=O)O.[KH].[KH]. The second-order valence-electron chi connectivity index (χ2n) is 6.81. The summed E-state index contributed by atoms with van der Waals surface area (Å²) in [7, 11) is 0. The number of carbonyl (C=O) groups excluding carboxylic acids is 1. The van der Waals surface area contributed by atoms with Crippen LogP contribution in [-0.2, 0) is 14.3 Å². The molecule has 0 saturated heterocycles. The van der Waals surface area contributed by atoms with Crippen LogP contribution in [0.1, 0.15) is 83.5 Å². The minimum atomic E-state index is -1.16. The van der Waals surface area contributed by atoms with Gasteiger partial charge in [0.05, 0.1) is 0 Å². The van der Waals surface area contributed by atoms with E-state index in [1.54, 1.807) is 6.08 Å². The fourth-order valence-electron chi connectivity index (χ4n) is 2.57. The molecule has 0 aliphatic heterocycles. The van der Waals surface area contributed by atoms with Crippen LogP contribution in [0.2, 0.25) is 0 Å². The number of allylic oxidation sites excluding steroid dienone is 6. The topological polar surface area (TPSA) is 63.6 Å². The number of esters is 1. The summed E-state index contributed by atoms with van der Waals surface area (Å²) in [6, 6.07) is 0. The summed E-state index contributed by atoms with van der Waals surface area (Å²) in [4.78, 5) is 21.3. The molecule has 0 aromatic carbocycles. The number of unbranched alkanes of at least 4 members (excludes halogenated alkanes) is 9. The zero-order chi connectivity index (χ0) is 20.7. The van der Waals surface area contributed by atoms with Crippen molar-refractivity contribution in [3.8, 4) is 0 Å². The first kappa shape index (κ1) is 35.8. The second kappa shape index (κ2) is 30.2. The van der Waals surface area contributed by atoms with Crippen LogP contribution in [0.5, 0.6) is 0 Å². The van der Waals surface area contributed by atoms with Crippen molar-refractivity contribution in [3.05, 3.63) is 49.1 Å². The Morgan fingerprint density at radius 3 is 1.40 bits per heavy atom. The molecule has 0 amide bonds. The first-order chi connectivity index (χ1) is 13.7. The van der Waals surface area contributed by atoms with E-state index >= 15 is 0 Å². The third-order valence-electron chi connectivity index (χ3n) is 4.15. The molecule has 0 unspecified atom stereocenters. The molecule has 0 spiro atoms. The fraction of sp³-hybridized carbons (Fsp3) is 0.583. The van der Waals surface area contributed by atoms with Crippen molar-refractivity contribution >= 4 is 115 Å². The number of carboxylic acids is 1. The van der Waals surface area contributed by atoms with Crippen LogP contribution in [0.3, 0.4) is 0 Å². The van der Waals surface area contributed by atoms with Crippen LogP contribution in [0, 0.1) is 0 Å². The Balaban J connectivity index is -0.00000364. The molecule has 0 aliphatic carbocycles. The van der Waals surface area contributed by atoms with Gasteiger partial charge in [-0.2, -0.15) is 0 Å². The van der Waals surface area contributed by atoms with Crippen molar-refractivity contribution in [1.82, 2.24) is 0 Å². The first-order valence-corrected chi connectivity index (χ1v) is 10.6. The molecule has 4 nitrogen and oxygen atoms in total. The standard InChI is InChI=1S/C24H38O4.2K.2H/c1-2-3-4-5-6-7-8-9-10-11-12-13-14-15-16-17-18-19-20-21-28-24(27)22-23(25)26;;;;/h2,7-8,13-14,19-20H,1,3-6,9-12,15-18,21-22H2,(H,25,26);;;;/b8-7+,14-13+,20-19+;;;;. The van der Waals surface area contributed by atoms with Crippen LogP contribution in [0.15, 0.2) is 49.1 Å². The molecule has 6 heteroatoms. The molecule has 0 atom stereocenters. The van der Waals surface area contributed by atoms with E-state index in [9.17, 15) is 9.59 Å². The molecule has 0 heterocycles. The molecule has 0 rings (SSSR count). The van der Waals surface area contributed by atoms with Gasteiger partial charge in [0.25, 0.3) is 0 Å². The summed E-state index contributed by atoms with van der Waals surface area (Å²) >= 11 is 0. The Morgan fingerprint density at radius 2 is 1.03 bits per heavy atom. The average molecular weight is 471 g/mol. The number of hydrogen-bond donors (Lipinski definition) is 1. The molecule has 0 aliphatic rings. The van der Waals surface area contributed by atoms with Gasteiger partial charge < -0.3 is 9.84 Å². The van der Waals surface area contributed by atoms with Crippen molar-refractivity contribution in [1.29, 1.82) is 0 Å². The Bertz CT molecular complexity index is 499. The van der Waals surface area contributed by atoms with Crippen LogP contribution < -0.4 is 0 Å². The molecule has 0 radical (unpaired) electrons. The van der Waals surface area contributed by atoms with Gasteiger partial charge in [0, 0.05) is 0 Å². The number of carboxylic acid groups (broad SMARTS) is 1. The third-order valence-corrected chi connectivity index (χ3v) is 4.15. The molecule has 0 bridgehead atoms. The Labute approximate surface area is 268 Å². The van der Waals surface area contributed by atoms with Crippen molar-refractivity contribution in [3.63, 3.8) is 0 Å². The van der Waals surface area contributed by atoms with E-state index in [2.05, 4.69) is 30.9 Å². The zero-order valence-electron chi connectivity index (χ0n) is 17.3. The molecule has 30 heavy (non-hydrogen) atoms. The Hall–Kier alpha value is 1.17. The summed E-state index contributed by atoms with van der Waals surface area (Å²) < 4.78 is 4.76. The number of aliphatic carboxylic acids is 1. The van der Waals surface area contributed by atoms with Crippen LogP contribution in [0.4, 0.5) is 0 Å². The number of rotatable bonds is 19. The molecular formula is C24H40K2O4. The van der Waals surface area contributed by atoms with Gasteiger partial charge in [-0.25, -0.2) is 0 Å². The van der Waals surface area contributed by atoms with Crippen molar-refractivity contribution in [2.24, 2.45) is 0 Å². The predicted octanol–water partition coefficient (Wildman–Crippen LogP) is 5.24. The molecule has 0 aromatic heterocycles. The van der Waals surface area contributed by atoms with Gasteiger partial charge in [-0.05, 0) is 77.0 Å². The van der Waals surface area contributed by atoms with Gasteiger partial charge >= 0.3 is 115 Å². The second-order valence-corrected chi connectivity index (χ2v) is 6.81. The normalized spacial score (nSPS) is 10.8. The molecule has 0 saturated carbocycles. The zero-order valence-corrected chi connectivity index (χ0v) is 17.3. The van der Waals surface area contributed by atoms with E-state index in [-0.39, 0.29) is 109 Å². The molecule has 1 N–H and O–H groups in total. The van der Waals surface area contributed by atoms with Crippen LogP contribution >= 0.6 is 0 Å². The number of carbonyl (C=O) groups is 2. The molecule has 0 aromatic rings. The maximum atomic E-state index is 11.0. The maximum absolute atomic E-state index is 11.0.